The highest BCUT2D eigenvalue weighted by Crippen LogP contribution is 2.29. The second-order valence-corrected chi connectivity index (χ2v) is 3.62. The number of nitro benzene ring substituents is 1. The number of anilines is 1. The Morgan fingerprint density at radius 2 is 2.29 bits per heavy atom. The molecular weight excluding hydrogens is 200 g/mol. The molecule has 0 saturated heterocycles. The average Bonchev–Trinajstić information content (AvgIpc) is 2.17. The van der Waals surface area contributed by atoms with E-state index in [0.29, 0.717) is 0 Å². The van der Waals surface area contributed by atoms with Gasteiger partial charge in [0.1, 0.15) is 5.69 Å². The number of thiol groups is 1. The van der Waals surface area contributed by atoms with Crippen molar-refractivity contribution in [3.63, 3.8) is 0 Å². The molecule has 1 aromatic carbocycles. The molecule has 0 aliphatic rings. The average molecular weight is 212 g/mol. The summed E-state index contributed by atoms with van der Waals surface area (Å²) in [4.78, 5) is 10.1. The number of nitrogen functional groups attached to an aromatic ring is 1. The Hall–Kier alpha value is -1.23. The third-order valence-electron chi connectivity index (χ3n) is 2.02. The summed E-state index contributed by atoms with van der Waals surface area (Å²) >= 11 is 4.31. The first-order valence-corrected chi connectivity index (χ1v) is 4.79. The summed E-state index contributed by atoms with van der Waals surface area (Å²) in [6, 6.07) is 4.80. The van der Waals surface area contributed by atoms with E-state index < -0.39 is 4.92 Å². The number of rotatable bonds is 3. The van der Waals surface area contributed by atoms with Crippen LogP contribution in [0.4, 0.5) is 11.4 Å². The van der Waals surface area contributed by atoms with Gasteiger partial charge in [0.05, 0.1) is 4.92 Å². The van der Waals surface area contributed by atoms with Crippen molar-refractivity contribution in [1.29, 1.82) is 0 Å². The van der Waals surface area contributed by atoms with Gasteiger partial charge in [0.2, 0.25) is 0 Å². The van der Waals surface area contributed by atoms with Crippen LogP contribution in [0.1, 0.15) is 24.2 Å². The van der Waals surface area contributed by atoms with Gasteiger partial charge >= 0.3 is 0 Å². The van der Waals surface area contributed by atoms with E-state index in [0.717, 1.165) is 12.0 Å². The molecule has 0 fully saturated rings. The van der Waals surface area contributed by atoms with Crippen LogP contribution in [0.5, 0.6) is 0 Å². The molecule has 0 aliphatic heterocycles. The fraction of sp³-hybridized carbons (Fsp3) is 0.333. The van der Waals surface area contributed by atoms with Gasteiger partial charge in [-0.3, -0.25) is 10.1 Å². The summed E-state index contributed by atoms with van der Waals surface area (Å²) in [7, 11) is 0. The van der Waals surface area contributed by atoms with Gasteiger partial charge in [-0.25, -0.2) is 0 Å². The summed E-state index contributed by atoms with van der Waals surface area (Å²) in [6.45, 7) is 1.97. The van der Waals surface area contributed by atoms with Crippen LogP contribution in [-0.4, -0.2) is 4.92 Å². The second-order valence-electron chi connectivity index (χ2n) is 3.00. The van der Waals surface area contributed by atoms with Crippen molar-refractivity contribution in [3.05, 3.63) is 33.9 Å². The molecule has 0 aromatic heterocycles. The standard InChI is InChI=1S/C9H12N2O2S/c1-2-9(14)6-3-4-7(10)8(5-6)11(12)13/h3-5,9,14H,2,10H2,1H3. The number of nitro groups is 1. The van der Waals surface area contributed by atoms with Gasteiger partial charge in [0.25, 0.3) is 5.69 Å². The monoisotopic (exact) mass is 212 g/mol. The zero-order chi connectivity index (χ0) is 10.7. The molecule has 4 nitrogen and oxygen atoms in total. The lowest BCUT2D eigenvalue weighted by Crippen LogP contribution is -1.98. The zero-order valence-electron chi connectivity index (χ0n) is 7.80. The summed E-state index contributed by atoms with van der Waals surface area (Å²) < 4.78 is 0. The Kier molecular flexibility index (Phi) is 3.35. The van der Waals surface area contributed by atoms with Crippen molar-refractivity contribution in [3.8, 4) is 0 Å². The molecule has 1 rings (SSSR count). The minimum Gasteiger partial charge on any atom is -0.393 e. The highest BCUT2D eigenvalue weighted by atomic mass is 32.1. The largest absolute Gasteiger partial charge is 0.393 e. The van der Waals surface area contributed by atoms with Crippen molar-refractivity contribution in [2.24, 2.45) is 0 Å². The predicted molar refractivity (Wildman–Crippen MR) is 59.5 cm³/mol. The van der Waals surface area contributed by atoms with Gasteiger partial charge in [0.15, 0.2) is 0 Å². The van der Waals surface area contributed by atoms with Gasteiger partial charge in [-0.2, -0.15) is 12.6 Å². The van der Waals surface area contributed by atoms with Crippen molar-refractivity contribution in [2.75, 3.05) is 5.73 Å². The first-order chi connectivity index (χ1) is 6.56. The molecule has 76 valence electrons. The highest BCUT2D eigenvalue weighted by molar-refractivity contribution is 7.80. The van der Waals surface area contributed by atoms with E-state index >= 15 is 0 Å². The minimum absolute atomic E-state index is 0.0225. The van der Waals surface area contributed by atoms with Crippen LogP contribution in [-0.2, 0) is 0 Å². The number of nitrogens with zero attached hydrogens (tertiary/aromatic N) is 1. The maximum absolute atomic E-state index is 10.6. The van der Waals surface area contributed by atoms with Gasteiger partial charge in [-0.05, 0) is 18.1 Å². The van der Waals surface area contributed by atoms with Crippen LogP contribution in [0.25, 0.3) is 0 Å². The summed E-state index contributed by atoms with van der Waals surface area (Å²) in [5.74, 6) is 0. The lowest BCUT2D eigenvalue weighted by molar-refractivity contribution is -0.384. The van der Waals surface area contributed by atoms with Crippen molar-refractivity contribution >= 4 is 24.0 Å². The van der Waals surface area contributed by atoms with E-state index in [1.54, 1.807) is 12.1 Å². The molecule has 1 unspecified atom stereocenters. The second kappa shape index (κ2) is 4.32. The SMILES string of the molecule is CCC(S)c1ccc(N)c([N+](=O)[O-])c1. The zero-order valence-corrected chi connectivity index (χ0v) is 8.70. The molecule has 0 spiro atoms. The molecule has 2 N–H and O–H groups in total. The molecule has 5 heteroatoms. The Bertz CT molecular complexity index is 355. The Morgan fingerprint density at radius 3 is 2.79 bits per heavy atom. The van der Waals surface area contributed by atoms with Crippen LogP contribution in [0.3, 0.4) is 0 Å². The Morgan fingerprint density at radius 1 is 1.64 bits per heavy atom. The molecule has 1 aromatic rings. The van der Waals surface area contributed by atoms with Crippen LogP contribution < -0.4 is 5.73 Å². The fourth-order valence-electron chi connectivity index (χ4n) is 1.16. The Labute approximate surface area is 87.7 Å². The smallest absolute Gasteiger partial charge is 0.292 e. The maximum atomic E-state index is 10.6. The number of hydrogen-bond acceptors (Lipinski definition) is 4. The first-order valence-electron chi connectivity index (χ1n) is 4.28. The first kappa shape index (κ1) is 10.8. The third kappa shape index (κ3) is 2.17. The van der Waals surface area contributed by atoms with Crippen LogP contribution in [0.15, 0.2) is 18.2 Å². The summed E-state index contributed by atoms with van der Waals surface area (Å²) in [5.41, 5.74) is 6.44. The van der Waals surface area contributed by atoms with Crippen molar-refractivity contribution < 1.29 is 4.92 Å². The van der Waals surface area contributed by atoms with Crippen LogP contribution in [0, 0.1) is 10.1 Å². The molecular formula is C9H12N2O2S. The lowest BCUT2D eigenvalue weighted by Gasteiger charge is -2.08. The molecule has 0 heterocycles. The summed E-state index contributed by atoms with van der Waals surface area (Å²) in [6.07, 6.45) is 0.824. The quantitative estimate of drug-likeness (QED) is 0.350. The van der Waals surface area contributed by atoms with E-state index in [1.807, 2.05) is 6.92 Å². The van der Waals surface area contributed by atoms with E-state index in [4.69, 9.17) is 5.73 Å². The van der Waals surface area contributed by atoms with Gasteiger partial charge in [0, 0.05) is 11.3 Å². The molecule has 0 bridgehead atoms. The molecule has 14 heavy (non-hydrogen) atoms. The molecule has 1 atom stereocenters. The lowest BCUT2D eigenvalue weighted by atomic mass is 10.1. The molecule has 0 amide bonds. The minimum atomic E-state index is -0.477. The van der Waals surface area contributed by atoms with Crippen LogP contribution >= 0.6 is 12.6 Å². The van der Waals surface area contributed by atoms with E-state index in [-0.39, 0.29) is 16.6 Å². The highest BCUT2D eigenvalue weighted by Gasteiger charge is 2.14. The van der Waals surface area contributed by atoms with E-state index in [1.165, 1.54) is 6.07 Å². The fourth-order valence-corrected chi connectivity index (χ4v) is 1.32. The predicted octanol–water partition coefficient (Wildman–Crippen LogP) is 2.56. The maximum Gasteiger partial charge on any atom is 0.292 e. The van der Waals surface area contributed by atoms with Crippen molar-refractivity contribution in [2.45, 2.75) is 18.6 Å². The van der Waals surface area contributed by atoms with E-state index in [2.05, 4.69) is 12.6 Å². The Balaban J connectivity index is 3.12. The van der Waals surface area contributed by atoms with E-state index in [9.17, 15) is 10.1 Å². The number of benzene rings is 1. The molecule has 0 saturated carbocycles. The number of hydrogen-bond donors (Lipinski definition) is 2. The van der Waals surface area contributed by atoms with Gasteiger partial charge < -0.3 is 5.73 Å². The number of nitrogens with two attached hydrogens (primary N) is 1. The van der Waals surface area contributed by atoms with Gasteiger partial charge in [-0.15, -0.1) is 0 Å². The normalized spacial score (nSPS) is 12.4. The van der Waals surface area contributed by atoms with Gasteiger partial charge in [-0.1, -0.05) is 13.0 Å². The van der Waals surface area contributed by atoms with Crippen molar-refractivity contribution in [1.82, 2.24) is 0 Å². The molecule has 0 radical (unpaired) electrons. The third-order valence-corrected chi connectivity index (χ3v) is 2.69. The van der Waals surface area contributed by atoms with Crippen LogP contribution in [0.2, 0.25) is 0 Å². The molecule has 0 aliphatic carbocycles. The summed E-state index contributed by atoms with van der Waals surface area (Å²) in [5, 5.41) is 10.6. The topological polar surface area (TPSA) is 69.2 Å².